The fourth-order valence-electron chi connectivity index (χ4n) is 2.01. The van der Waals surface area contributed by atoms with E-state index in [0.717, 1.165) is 61.0 Å². The minimum Gasteiger partial charge on any atom is -0.468 e. The highest BCUT2D eigenvalue weighted by atomic mass is 32.2. The van der Waals surface area contributed by atoms with Crippen molar-refractivity contribution in [2.45, 2.75) is 50.3 Å². The van der Waals surface area contributed by atoms with E-state index in [-0.39, 0.29) is 5.76 Å². The largest absolute Gasteiger partial charge is 0.468 e. The Morgan fingerprint density at radius 3 is 2.28 bits per heavy atom. The first-order valence-corrected chi connectivity index (χ1v) is 9.20. The number of carbonyl (C=O) groups excluding carboxylic acids is 2. The second-order valence-corrected chi connectivity index (χ2v) is 6.43. The van der Waals surface area contributed by atoms with Crippen molar-refractivity contribution in [3.05, 3.63) is 42.2 Å². The van der Waals surface area contributed by atoms with Crippen molar-refractivity contribution in [3.63, 3.8) is 0 Å². The zero-order valence-corrected chi connectivity index (χ0v) is 15.5. The summed E-state index contributed by atoms with van der Waals surface area (Å²) < 4.78 is 15.0. The molecule has 0 spiro atoms. The Labute approximate surface area is 153 Å². The molecule has 0 atom stereocenters. The summed E-state index contributed by atoms with van der Waals surface area (Å²) in [6.07, 6.45) is 5.89. The van der Waals surface area contributed by atoms with Crippen molar-refractivity contribution < 1.29 is 23.2 Å². The molecule has 0 saturated heterocycles. The van der Waals surface area contributed by atoms with Crippen LogP contribution in [0.3, 0.4) is 0 Å². The molecule has 0 bridgehead atoms. The number of benzene rings is 1. The zero-order chi connectivity index (χ0) is 18.3. The van der Waals surface area contributed by atoms with Crippen LogP contribution in [0.5, 0.6) is 0 Å². The van der Waals surface area contributed by atoms with Gasteiger partial charge in [-0.1, -0.05) is 43.4 Å². The number of hydrogen-bond acceptors (Lipinski definition) is 6. The highest BCUT2D eigenvalue weighted by Crippen LogP contribution is 2.22. The quantitative estimate of drug-likeness (QED) is 0.120. The lowest BCUT2D eigenvalue weighted by molar-refractivity contribution is -0.141. The second-order valence-electron chi connectivity index (χ2n) is 5.63. The molecule has 6 heteroatoms. The lowest BCUT2D eigenvalue weighted by Crippen LogP contribution is -2.08. The monoisotopic (exact) mass is 366 g/mol. The fourth-order valence-corrected chi connectivity index (χ4v) is 2.53. The van der Waals surface area contributed by atoms with Gasteiger partial charge in [0.25, 0.3) is 6.47 Å². The number of aryl methyl sites for hydroxylation is 1. The van der Waals surface area contributed by atoms with Crippen LogP contribution in [0, 0.1) is 6.92 Å². The molecular formula is C19H26O5S. The summed E-state index contributed by atoms with van der Waals surface area (Å²) in [5.74, 6) is -0.522. The van der Waals surface area contributed by atoms with Gasteiger partial charge in [-0.25, -0.2) is 4.79 Å². The summed E-state index contributed by atoms with van der Waals surface area (Å²) in [6, 6.07) is 7.79. The summed E-state index contributed by atoms with van der Waals surface area (Å²) >= 11 is 1.09. The SMILES string of the molecule is C=C(OSc1ccc(C)cc1)C(=O)OCCCCCCCCOC=O. The molecule has 0 unspecified atom stereocenters. The maximum absolute atomic E-state index is 11.8. The number of unbranched alkanes of at least 4 members (excludes halogenated alkanes) is 5. The van der Waals surface area contributed by atoms with Gasteiger partial charge in [-0.3, -0.25) is 4.79 Å². The van der Waals surface area contributed by atoms with Crippen LogP contribution in [0.2, 0.25) is 0 Å². The molecule has 1 aromatic carbocycles. The molecule has 0 saturated carbocycles. The summed E-state index contributed by atoms with van der Waals surface area (Å²) in [6.45, 7) is 6.94. The first-order valence-electron chi connectivity index (χ1n) is 8.46. The van der Waals surface area contributed by atoms with Crippen molar-refractivity contribution in [2.24, 2.45) is 0 Å². The topological polar surface area (TPSA) is 61.8 Å². The van der Waals surface area contributed by atoms with E-state index >= 15 is 0 Å². The highest BCUT2D eigenvalue weighted by Gasteiger charge is 2.11. The Hall–Kier alpha value is -1.95. The number of rotatable bonds is 14. The normalized spacial score (nSPS) is 10.1. The van der Waals surface area contributed by atoms with E-state index in [0.29, 0.717) is 19.7 Å². The van der Waals surface area contributed by atoms with Crippen LogP contribution in [0.25, 0.3) is 0 Å². The molecule has 1 aromatic rings. The van der Waals surface area contributed by atoms with Crippen LogP contribution >= 0.6 is 12.0 Å². The standard InChI is InChI=1S/C19H26O5S/c1-16-9-11-18(12-10-16)25-24-17(2)19(21)23-14-8-6-4-3-5-7-13-22-15-20/h9-12,15H,2-8,13-14H2,1H3. The zero-order valence-electron chi connectivity index (χ0n) is 14.7. The number of carbonyl (C=O) groups is 2. The predicted molar refractivity (Wildman–Crippen MR) is 97.9 cm³/mol. The average Bonchev–Trinajstić information content (AvgIpc) is 2.62. The Kier molecular flexibility index (Phi) is 11.3. The van der Waals surface area contributed by atoms with Gasteiger partial charge < -0.3 is 13.7 Å². The van der Waals surface area contributed by atoms with Crippen LogP contribution in [-0.2, 0) is 23.2 Å². The molecule has 0 aromatic heterocycles. The van der Waals surface area contributed by atoms with Gasteiger partial charge in [-0.2, -0.15) is 0 Å². The Balaban J connectivity index is 2.01. The van der Waals surface area contributed by atoms with Gasteiger partial charge in [0.15, 0.2) is 0 Å². The van der Waals surface area contributed by atoms with Crippen LogP contribution in [-0.4, -0.2) is 25.7 Å². The van der Waals surface area contributed by atoms with E-state index in [4.69, 9.17) is 8.92 Å². The van der Waals surface area contributed by atoms with Gasteiger partial charge in [0.1, 0.15) is 0 Å². The predicted octanol–water partition coefficient (Wildman–Crippen LogP) is 4.59. The number of hydrogen-bond donors (Lipinski definition) is 0. The molecule has 5 nitrogen and oxygen atoms in total. The van der Waals surface area contributed by atoms with Crippen LogP contribution in [0.4, 0.5) is 0 Å². The first-order chi connectivity index (χ1) is 12.1. The van der Waals surface area contributed by atoms with Gasteiger partial charge in [0, 0.05) is 4.90 Å². The molecule has 0 fully saturated rings. The number of esters is 1. The van der Waals surface area contributed by atoms with Gasteiger partial charge in [-0.15, -0.1) is 0 Å². The van der Waals surface area contributed by atoms with Crippen molar-refractivity contribution >= 4 is 24.5 Å². The lowest BCUT2D eigenvalue weighted by atomic mass is 10.1. The van der Waals surface area contributed by atoms with Crippen LogP contribution in [0.15, 0.2) is 41.5 Å². The molecule has 25 heavy (non-hydrogen) atoms. The van der Waals surface area contributed by atoms with E-state index < -0.39 is 5.97 Å². The van der Waals surface area contributed by atoms with Crippen LogP contribution in [0.1, 0.15) is 44.1 Å². The Bertz CT molecular complexity index is 527. The molecule has 0 heterocycles. The van der Waals surface area contributed by atoms with Gasteiger partial charge >= 0.3 is 5.97 Å². The van der Waals surface area contributed by atoms with Gasteiger partial charge in [-0.05, 0) is 38.5 Å². The smallest absolute Gasteiger partial charge is 0.374 e. The molecule has 0 aliphatic carbocycles. The Morgan fingerprint density at radius 1 is 1.04 bits per heavy atom. The number of ether oxygens (including phenoxy) is 2. The molecule has 138 valence electrons. The second kappa shape index (κ2) is 13.4. The van der Waals surface area contributed by atoms with E-state index in [2.05, 4.69) is 11.3 Å². The van der Waals surface area contributed by atoms with Crippen molar-refractivity contribution in [3.8, 4) is 0 Å². The molecule has 0 radical (unpaired) electrons. The van der Waals surface area contributed by atoms with Crippen molar-refractivity contribution in [2.75, 3.05) is 13.2 Å². The summed E-state index contributed by atoms with van der Waals surface area (Å²) in [7, 11) is 0. The third kappa shape index (κ3) is 10.5. The maximum atomic E-state index is 11.8. The van der Waals surface area contributed by atoms with E-state index in [1.165, 1.54) is 0 Å². The summed E-state index contributed by atoms with van der Waals surface area (Å²) in [5.41, 5.74) is 1.16. The fraction of sp³-hybridized carbons (Fsp3) is 0.474. The summed E-state index contributed by atoms with van der Waals surface area (Å²) in [4.78, 5) is 22.6. The van der Waals surface area contributed by atoms with Crippen LogP contribution < -0.4 is 0 Å². The lowest BCUT2D eigenvalue weighted by Gasteiger charge is -2.08. The first kappa shape index (κ1) is 21.1. The van der Waals surface area contributed by atoms with Gasteiger partial charge in [0.05, 0.1) is 25.3 Å². The minimum absolute atomic E-state index is 0.000697. The Morgan fingerprint density at radius 2 is 1.64 bits per heavy atom. The minimum atomic E-state index is -0.523. The molecule has 0 aliphatic rings. The maximum Gasteiger partial charge on any atom is 0.374 e. The molecular weight excluding hydrogens is 340 g/mol. The highest BCUT2D eigenvalue weighted by molar-refractivity contribution is 7.94. The molecule has 0 amide bonds. The summed E-state index contributed by atoms with van der Waals surface area (Å²) in [5, 5.41) is 0. The molecule has 1 rings (SSSR count). The van der Waals surface area contributed by atoms with Gasteiger partial charge in [0.2, 0.25) is 5.76 Å². The molecule has 0 aliphatic heterocycles. The van der Waals surface area contributed by atoms with Crippen molar-refractivity contribution in [1.82, 2.24) is 0 Å². The average molecular weight is 366 g/mol. The van der Waals surface area contributed by atoms with E-state index in [1.54, 1.807) is 0 Å². The van der Waals surface area contributed by atoms with Crippen molar-refractivity contribution in [1.29, 1.82) is 0 Å². The molecule has 0 N–H and O–H groups in total. The van der Waals surface area contributed by atoms with E-state index in [1.807, 2.05) is 31.2 Å². The third-order valence-electron chi connectivity index (χ3n) is 3.44. The van der Waals surface area contributed by atoms with E-state index in [9.17, 15) is 9.59 Å². The third-order valence-corrected chi connectivity index (χ3v) is 4.19.